The van der Waals surface area contributed by atoms with Crippen molar-refractivity contribution in [3.8, 4) is 0 Å². The fraction of sp³-hybridized carbons (Fsp3) is 0.385. The van der Waals surface area contributed by atoms with Crippen LogP contribution in [0.15, 0.2) is 60.3 Å². The van der Waals surface area contributed by atoms with Crippen LogP contribution in [0.4, 0.5) is 11.4 Å². The minimum absolute atomic E-state index is 0.265. The summed E-state index contributed by atoms with van der Waals surface area (Å²) in [6.07, 6.45) is 0.611. The number of imide groups is 1. The molecule has 1 fully saturated rings. The molecule has 0 saturated carbocycles. The minimum atomic E-state index is -0.293. The van der Waals surface area contributed by atoms with Gasteiger partial charge in [-0.3, -0.25) is 14.5 Å². The summed E-state index contributed by atoms with van der Waals surface area (Å²) in [6.45, 7) is 7.48. The predicted molar refractivity (Wildman–Crippen MR) is 131 cm³/mol. The molecule has 0 aromatic heterocycles. The number of carbonyl (C=O) groups excluding carboxylic acids is 2. The van der Waals surface area contributed by atoms with E-state index in [4.69, 9.17) is 4.74 Å². The quantitative estimate of drug-likeness (QED) is 0.470. The molecule has 2 amide bonds. The van der Waals surface area contributed by atoms with Gasteiger partial charge in [-0.15, -0.1) is 0 Å². The van der Waals surface area contributed by atoms with Crippen LogP contribution in [0.2, 0.25) is 0 Å². The molecule has 7 heteroatoms. The highest BCUT2D eigenvalue weighted by atomic mass is 16.5. The van der Waals surface area contributed by atoms with Gasteiger partial charge in [-0.05, 0) is 50.2 Å². The van der Waals surface area contributed by atoms with E-state index in [0.717, 1.165) is 43.1 Å². The van der Waals surface area contributed by atoms with Crippen molar-refractivity contribution in [2.75, 3.05) is 63.2 Å². The van der Waals surface area contributed by atoms with E-state index in [1.807, 2.05) is 49.4 Å². The van der Waals surface area contributed by atoms with E-state index in [0.29, 0.717) is 37.4 Å². The van der Waals surface area contributed by atoms with E-state index in [1.165, 1.54) is 4.90 Å². The lowest BCUT2D eigenvalue weighted by Crippen LogP contribution is -2.44. The number of carbonyl (C=O) groups is 2. The zero-order chi connectivity index (χ0) is 23.2. The zero-order valence-electron chi connectivity index (χ0n) is 19.4. The Morgan fingerprint density at radius 2 is 1.61 bits per heavy atom. The maximum absolute atomic E-state index is 13.2. The summed E-state index contributed by atoms with van der Waals surface area (Å²) in [7, 11) is 2.14. The molecular formula is C26H32N4O3. The second-order valence-corrected chi connectivity index (χ2v) is 8.39. The van der Waals surface area contributed by atoms with Crippen LogP contribution < -0.4 is 10.2 Å². The second kappa shape index (κ2) is 10.6. The maximum Gasteiger partial charge on any atom is 0.278 e. The third-order valence-corrected chi connectivity index (χ3v) is 6.11. The first kappa shape index (κ1) is 23.0. The molecule has 2 aromatic rings. The summed E-state index contributed by atoms with van der Waals surface area (Å²) < 4.78 is 5.38. The number of amides is 2. The van der Waals surface area contributed by atoms with Crippen molar-refractivity contribution in [2.45, 2.75) is 13.3 Å². The monoisotopic (exact) mass is 448 g/mol. The van der Waals surface area contributed by atoms with E-state index in [9.17, 15) is 9.59 Å². The Hall–Kier alpha value is -3.16. The highest BCUT2D eigenvalue weighted by molar-refractivity contribution is 6.36. The molecular weight excluding hydrogens is 416 g/mol. The van der Waals surface area contributed by atoms with Crippen molar-refractivity contribution in [2.24, 2.45) is 0 Å². The van der Waals surface area contributed by atoms with Gasteiger partial charge >= 0.3 is 0 Å². The van der Waals surface area contributed by atoms with Gasteiger partial charge in [0.25, 0.3) is 11.8 Å². The smallest absolute Gasteiger partial charge is 0.278 e. The van der Waals surface area contributed by atoms with Crippen molar-refractivity contribution in [3.63, 3.8) is 0 Å². The Balaban J connectivity index is 1.54. The number of nitrogens with one attached hydrogen (secondary N) is 1. The summed E-state index contributed by atoms with van der Waals surface area (Å²) in [6, 6.07) is 17.5. The van der Waals surface area contributed by atoms with Gasteiger partial charge < -0.3 is 19.9 Å². The third-order valence-electron chi connectivity index (χ3n) is 6.11. The summed E-state index contributed by atoms with van der Waals surface area (Å²) in [5.74, 6) is -0.558. The van der Waals surface area contributed by atoms with Gasteiger partial charge in [-0.1, -0.05) is 30.3 Å². The molecule has 0 unspecified atom stereocenters. The van der Waals surface area contributed by atoms with Crippen LogP contribution in [0, 0.1) is 0 Å². The molecule has 2 aliphatic rings. The molecule has 0 atom stereocenters. The normalized spacial score (nSPS) is 17.3. The molecule has 2 aliphatic heterocycles. The van der Waals surface area contributed by atoms with Gasteiger partial charge in [0.1, 0.15) is 5.70 Å². The average molecular weight is 449 g/mol. The molecule has 2 aromatic carbocycles. The zero-order valence-corrected chi connectivity index (χ0v) is 19.4. The first-order valence-corrected chi connectivity index (χ1v) is 11.6. The Morgan fingerprint density at radius 3 is 2.27 bits per heavy atom. The molecule has 1 N–H and O–H groups in total. The molecule has 4 rings (SSSR count). The Kier molecular flexibility index (Phi) is 7.42. The van der Waals surface area contributed by atoms with Crippen molar-refractivity contribution >= 4 is 28.8 Å². The Morgan fingerprint density at radius 1 is 0.909 bits per heavy atom. The van der Waals surface area contributed by atoms with E-state index in [2.05, 4.69) is 34.3 Å². The highest BCUT2D eigenvalue weighted by Crippen LogP contribution is 2.31. The molecule has 174 valence electrons. The first-order chi connectivity index (χ1) is 16.1. The molecule has 0 spiro atoms. The SMILES string of the molecule is CCOCCCN1C(=O)C(Nc2ccc(N3CCN(C)CC3)cc2)=C(c2ccccc2)C1=O. The van der Waals surface area contributed by atoms with Crippen LogP contribution in [0.25, 0.3) is 5.57 Å². The molecule has 2 heterocycles. The lowest BCUT2D eigenvalue weighted by atomic mass is 10.0. The van der Waals surface area contributed by atoms with E-state index < -0.39 is 0 Å². The first-order valence-electron chi connectivity index (χ1n) is 11.6. The van der Waals surface area contributed by atoms with Crippen molar-refractivity contribution < 1.29 is 14.3 Å². The number of benzene rings is 2. The summed E-state index contributed by atoms with van der Waals surface area (Å²) in [5.41, 5.74) is 3.43. The number of piperazine rings is 1. The fourth-order valence-electron chi connectivity index (χ4n) is 4.20. The van der Waals surface area contributed by atoms with E-state index >= 15 is 0 Å². The highest BCUT2D eigenvalue weighted by Gasteiger charge is 2.38. The standard InChI is InChI=1S/C26H32N4O3/c1-3-33-19-7-14-30-25(31)23(20-8-5-4-6-9-20)24(26(30)32)27-21-10-12-22(13-11-21)29-17-15-28(2)16-18-29/h4-6,8-13,27H,3,7,14-19H2,1-2H3. The molecule has 0 radical (unpaired) electrons. The van der Waals surface area contributed by atoms with Gasteiger partial charge in [0.05, 0.1) is 5.57 Å². The Bertz CT molecular complexity index is 996. The largest absolute Gasteiger partial charge is 0.382 e. The number of rotatable bonds is 9. The van der Waals surface area contributed by atoms with Crippen LogP contribution >= 0.6 is 0 Å². The molecule has 0 aliphatic carbocycles. The van der Waals surface area contributed by atoms with Crippen LogP contribution in [0.1, 0.15) is 18.9 Å². The van der Waals surface area contributed by atoms with Crippen molar-refractivity contribution in [3.05, 3.63) is 65.9 Å². The number of hydrogen-bond donors (Lipinski definition) is 1. The van der Waals surface area contributed by atoms with Crippen molar-refractivity contribution in [1.29, 1.82) is 0 Å². The van der Waals surface area contributed by atoms with Gasteiger partial charge in [0.2, 0.25) is 0 Å². The predicted octanol–water partition coefficient (Wildman–Crippen LogP) is 3.06. The average Bonchev–Trinajstić information content (AvgIpc) is 3.07. The summed E-state index contributed by atoms with van der Waals surface area (Å²) in [4.78, 5) is 32.5. The molecule has 33 heavy (non-hydrogen) atoms. The van der Waals surface area contributed by atoms with Gasteiger partial charge in [-0.25, -0.2) is 0 Å². The number of likely N-dealkylation sites (N-methyl/N-ethyl adjacent to an activating group) is 1. The lowest BCUT2D eigenvalue weighted by Gasteiger charge is -2.34. The number of hydrogen-bond acceptors (Lipinski definition) is 6. The lowest BCUT2D eigenvalue weighted by molar-refractivity contribution is -0.137. The maximum atomic E-state index is 13.2. The minimum Gasteiger partial charge on any atom is -0.382 e. The molecule has 0 bridgehead atoms. The van der Waals surface area contributed by atoms with E-state index in [-0.39, 0.29) is 11.8 Å². The van der Waals surface area contributed by atoms with Crippen LogP contribution in [-0.2, 0) is 14.3 Å². The van der Waals surface area contributed by atoms with E-state index in [1.54, 1.807) is 0 Å². The number of anilines is 2. The number of nitrogens with zero attached hydrogens (tertiary/aromatic N) is 3. The fourth-order valence-corrected chi connectivity index (χ4v) is 4.20. The topological polar surface area (TPSA) is 65.1 Å². The van der Waals surface area contributed by atoms with Crippen LogP contribution in [0.5, 0.6) is 0 Å². The molecule has 1 saturated heterocycles. The Labute approximate surface area is 195 Å². The van der Waals surface area contributed by atoms with Gasteiger partial charge in [0, 0.05) is 57.3 Å². The van der Waals surface area contributed by atoms with Crippen molar-refractivity contribution in [1.82, 2.24) is 9.80 Å². The van der Waals surface area contributed by atoms with Gasteiger partial charge in [0.15, 0.2) is 0 Å². The number of ether oxygens (including phenoxy) is 1. The van der Waals surface area contributed by atoms with Gasteiger partial charge in [-0.2, -0.15) is 0 Å². The summed E-state index contributed by atoms with van der Waals surface area (Å²) in [5, 5.41) is 3.25. The summed E-state index contributed by atoms with van der Waals surface area (Å²) >= 11 is 0. The molecule has 7 nitrogen and oxygen atoms in total. The van der Waals surface area contributed by atoms with Crippen LogP contribution in [-0.4, -0.2) is 74.6 Å². The second-order valence-electron chi connectivity index (χ2n) is 8.39. The third kappa shape index (κ3) is 5.26. The van der Waals surface area contributed by atoms with Crippen LogP contribution in [0.3, 0.4) is 0 Å².